The molecule has 0 aliphatic carbocycles. The Kier molecular flexibility index (Phi) is 8.40. The lowest BCUT2D eigenvalue weighted by Gasteiger charge is -2.28. The molecule has 3 rings (SSSR count). The van der Waals surface area contributed by atoms with E-state index in [0.29, 0.717) is 13.2 Å². The molecule has 29 heavy (non-hydrogen) atoms. The van der Waals surface area contributed by atoms with Crippen molar-refractivity contribution in [3.05, 3.63) is 65.7 Å². The minimum absolute atomic E-state index is 0.0750. The van der Waals surface area contributed by atoms with Gasteiger partial charge < -0.3 is 14.4 Å². The monoisotopic (exact) mass is 414 g/mol. The number of benzene rings is 2. The van der Waals surface area contributed by atoms with Gasteiger partial charge in [-0.2, -0.15) is 0 Å². The Morgan fingerprint density at radius 2 is 1.90 bits per heavy atom. The smallest absolute Gasteiger partial charge is 0.237 e. The molecule has 1 atom stereocenters. The summed E-state index contributed by atoms with van der Waals surface area (Å²) in [5, 5.41) is 0.0750. The molecule has 1 amide bonds. The van der Waals surface area contributed by atoms with Gasteiger partial charge in [-0.15, -0.1) is 11.8 Å². The fourth-order valence-corrected chi connectivity index (χ4v) is 4.82. The molecule has 0 radical (unpaired) electrons. The highest BCUT2D eigenvalue weighted by Crippen LogP contribution is 2.38. The summed E-state index contributed by atoms with van der Waals surface area (Å²) in [6.07, 6.45) is 0.910. The molecule has 1 heterocycles. The van der Waals surface area contributed by atoms with Crippen molar-refractivity contribution in [1.29, 1.82) is 0 Å². The van der Waals surface area contributed by atoms with Crippen molar-refractivity contribution < 1.29 is 14.3 Å². The molecule has 0 spiro atoms. The second-order valence-electron chi connectivity index (χ2n) is 7.13. The molecule has 1 unspecified atom stereocenters. The molecule has 0 aromatic heterocycles. The highest BCUT2D eigenvalue weighted by atomic mass is 32.2. The molecule has 0 bridgehead atoms. The molecule has 1 fully saturated rings. The Morgan fingerprint density at radius 3 is 2.59 bits per heavy atom. The van der Waals surface area contributed by atoms with Gasteiger partial charge in [-0.1, -0.05) is 42.5 Å². The maximum atomic E-state index is 13.2. The maximum Gasteiger partial charge on any atom is 0.237 e. The number of hydrogen-bond acceptors (Lipinski definition) is 5. The van der Waals surface area contributed by atoms with Crippen molar-refractivity contribution in [3.63, 3.8) is 0 Å². The number of rotatable bonds is 10. The largest absolute Gasteiger partial charge is 0.497 e. The topological polar surface area (TPSA) is 42.0 Å². The fraction of sp³-hybridized carbons (Fsp3) is 0.435. The zero-order chi connectivity index (χ0) is 20.5. The summed E-state index contributed by atoms with van der Waals surface area (Å²) in [4.78, 5) is 17.4. The van der Waals surface area contributed by atoms with Crippen LogP contribution in [0.15, 0.2) is 54.6 Å². The SMILES string of the molecule is COCCCN(CC(=O)N1CCSC1c1ccc(OC)cc1)Cc1ccccc1. The van der Waals surface area contributed by atoms with Crippen LogP contribution in [0.3, 0.4) is 0 Å². The van der Waals surface area contributed by atoms with Gasteiger partial charge >= 0.3 is 0 Å². The first-order chi connectivity index (χ1) is 14.2. The normalized spacial score (nSPS) is 16.4. The molecule has 6 heteroatoms. The molecule has 1 saturated heterocycles. The standard InChI is InChI=1S/C23H30N2O3S/c1-27-15-6-13-24(17-19-7-4-3-5-8-19)18-22(26)25-14-16-29-23(25)20-9-11-21(28-2)12-10-20/h3-5,7-12,23H,6,13-18H2,1-2H3. The first-order valence-corrected chi connectivity index (χ1v) is 11.1. The minimum Gasteiger partial charge on any atom is -0.497 e. The van der Waals surface area contributed by atoms with E-state index in [2.05, 4.69) is 29.2 Å². The number of amides is 1. The van der Waals surface area contributed by atoms with Crippen LogP contribution in [0.25, 0.3) is 0 Å². The number of thioether (sulfide) groups is 1. The fourth-order valence-electron chi connectivity index (χ4n) is 3.54. The number of carbonyl (C=O) groups is 1. The van der Waals surface area contributed by atoms with Crippen LogP contribution in [-0.4, -0.2) is 61.9 Å². The summed E-state index contributed by atoms with van der Waals surface area (Å²) in [6, 6.07) is 18.4. The van der Waals surface area contributed by atoms with Crippen molar-refractivity contribution in [1.82, 2.24) is 9.80 Å². The third-order valence-corrected chi connectivity index (χ3v) is 6.30. The highest BCUT2D eigenvalue weighted by molar-refractivity contribution is 7.99. The van der Waals surface area contributed by atoms with E-state index in [-0.39, 0.29) is 11.3 Å². The van der Waals surface area contributed by atoms with Gasteiger partial charge in [0, 0.05) is 39.1 Å². The lowest BCUT2D eigenvalue weighted by atomic mass is 10.2. The second kappa shape index (κ2) is 11.2. The Labute approximate surface area is 178 Å². The molecule has 5 nitrogen and oxygen atoms in total. The average Bonchev–Trinajstić information content (AvgIpc) is 3.25. The van der Waals surface area contributed by atoms with Gasteiger partial charge in [0.15, 0.2) is 0 Å². The summed E-state index contributed by atoms with van der Waals surface area (Å²) < 4.78 is 10.5. The molecule has 0 saturated carbocycles. The maximum absolute atomic E-state index is 13.2. The Bertz CT molecular complexity index is 754. The van der Waals surface area contributed by atoms with Gasteiger partial charge in [0.2, 0.25) is 5.91 Å². The van der Waals surface area contributed by atoms with E-state index in [1.54, 1.807) is 14.2 Å². The van der Waals surface area contributed by atoms with Crippen molar-refractivity contribution in [2.24, 2.45) is 0 Å². The van der Waals surface area contributed by atoms with Gasteiger partial charge in [0.1, 0.15) is 11.1 Å². The van der Waals surface area contributed by atoms with Crippen molar-refractivity contribution >= 4 is 17.7 Å². The molecule has 2 aromatic rings. The number of nitrogens with zero attached hydrogens (tertiary/aromatic N) is 2. The number of methoxy groups -OCH3 is 2. The summed E-state index contributed by atoms with van der Waals surface area (Å²) in [6.45, 7) is 3.52. The zero-order valence-electron chi connectivity index (χ0n) is 17.3. The molecular formula is C23H30N2O3S. The van der Waals surface area contributed by atoms with Crippen molar-refractivity contribution in [3.8, 4) is 5.75 Å². The third kappa shape index (κ3) is 6.23. The van der Waals surface area contributed by atoms with Crippen LogP contribution < -0.4 is 4.74 Å². The predicted octanol–water partition coefficient (Wildman–Crippen LogP) is 3.81. The van der Waals surface area contributed by atoms with Crippen LogP contribution in [0.5, 0.6) is 5.75 Å². The predicted molar refractivity (Wildman–Crippen MR) is 118 cm³/mol. The van der Waals surface area contributed by atoms with Gasteiger partial charge in [-0.05, 0) is 29.7 Å². The van der Waals surface area contributed by atoms with Crippen LogP contribution >= 0.6 is 11.8 Å². The summed E-state index contributed by atoms with van der Waals surface area (Å²) in [5.41, 5.74) is 2.37. The van der Waals surface area contributed by atoms with Gasteiger partial charge in [0.05, 0.1) is 13.7 Å². The van der Waals surface area contributed by atoms with Crippen LogP contribution in [-0.2, 0) is 16.1 Å². The van der Waals surface area contributed by atoms with E-state index in [1.807, 2.05) is 47.0 Å². The molecule has 156 valence electrons. The van der Waals surface area contributed by atoms with Crippen LogP contribution in [0.4, 0.5) is 0 Å². The summed E-state index contributed by atoms with van der Waals surface area (Å²) in [5.74, 6) is 1.98. The minimum atomic E-state index is 0.0750. The van der Waals surface area contributed by atoms with E-state index in [4.69, 9.17) is 9.47 Å². The van der Waals surface area contributed by atoms with Crippen LogP contribution in [0.1, 0.15) is 22.9 Å². The van der Waals surface area contributed by atoms with Crippen LogP contribution in [0, 0.1) is 0 Å². The average molecular weight is 415 g/mol. The molecule has 2 aromatic carbocycles. The quantitative estimate of drug-likeness (QED) is 0.553. The van der Waals surface area contributed by atoms with E-state index < -0.39 is 0 Å². The van der Waals surface area contributed by atoms with Crippen molar-refractivity contribution in [2.75, 3.05) is 46.2 Å². The molecular weight excluding hydrogens is 384 g/mol. The summed E-state index contributed by atoms with van der Waals surface area (Å²) in [7, 11) is 3.38. The lowest BCUT2D eigenvalue weighted by molar-refractivity contribution is -0.132. The molecule has 1 aliphatic heterocycles. The molecule has 1 aliphatic rings. The van der Waals surface area contributed by atoms with Crippen molar-refractivity contribution in [2.45, 2.75) is 18.3 Å². The third-order valence-electron chi connectivity index (χ3n) is 5.04. The Balaban J connectivity index is 1.66. The van der Waals surface area contributed by atoms with Gasteiger partial charge in [-0.3, -0.25) is 9.69 Å². The first-order valence-electron chi connectivity index (χ1n) is 10.0. The highest BCUT2D eigenvalue weighted by Gasteiger charge is 2.31. The lowest BCUT2D eigenvalue weighted by Crippen LogP contribution is -2.40. The van der Waals surface area contributed by atoms with E-state index in [9.17, 15) is 4.79 Å². The zero-order valence-corrected chi connectivity index (χ0v) is 18.1. The van der Waals surface area contributed by atoms with E-state index >= 15 is 0 Å². The molecule has 0 N–H and O–H groups in total. The number of carbonyl (C=O) groups excluding carboxylic acids is 1. The number of hydrogen-bond donors (Lipinski definition) is 0. The van der Waals surface area contributed by atoms with Crippen LogP contribution in [0.2, 0.25) is 0 Å². The Morgan fingerprint density at radius 1 is 1.14 bits per heavy atom. The van der Waals surface area contributed by atoms with Gasteiger partial charge in [0.25, 0.3) is 0 Å². The second-order valence-corrected chi connectivity index (χ2v) is 8.31. The number of ether oxygens (including phenoxy) is 2. The first kappa shape index (κ1) is 21.7. The Hall–Kier alpha value is -2.02. The van der Waals surface area contributed by atoms with E-state index in [1.165, 1.54) is 5.56 Å². The summed E-state index contributed by atoms with van der Waals surface area (Å²) >= 11 is 1.82. The van der Waals surface area contributed by atoms with E-state index in [0.717, 1.165) is 43.1 Å². The van der Waals surface area contributed by atoms with Gasteiger partial charge in [-0.25, -0.2) is 0 Å².